The molecule has 0 N–H and O–H groups in total. The van der Waals surface area contributed by atoms with E-state index in [2.05, 4.69) is 27.4 Å². The van der Waals surface area contributed by atoms with Gasteiger partial charge in [0, 0.05) is 48.2 Å². The Hall–Kier alpha value is -4.19. The number of halogens is 1. The van der Waals surface area contributed by atoms with Gasteiger partial charge in [-0.2, -0.15) is 15.2 Å². The quantitative estimate of drug-likeness (QED) is 0.462. The van der Waals surface area contributed by atoms with E-state index in [4.69, 9.17) is 9.72 Å². The number of nitrogens with zero attached hydrogens (tertiary/aromatic N) is 6. The number of benzene rings is 2. The molecule has 3 heterocycles. The SMILES string of the molecule is C=CC(=O)N1CCN(c2nc(OC)nc3c2CCN(c2cccc4c(F)cccc24)C3)CC1CC#N.CC. The van der Waals surface area contributed by atoms with Gasteiger partial charge in [0.25, 0.3) is 0 Å². The van der Waals surface area contributed by atoms with Gasteiger partial charge in [0.1, 0.15) is 11.6 Å². The second-order valence-electron chi connectivity index (χ2n) is 8.94. The van der Waals surface area contributed by atoms with E-state index in [1.807, 2.05) is 32.0 Å². The van der Waals surface area contributed by atoms with Gasteiger partial charge in [-0.05, 0) is 24.6 Å². The summed E-state index contributed by atoms with van der Waals surface area (Å²) in [7, 11) is 1.54. The fourth-order valence-electron chi connectivity index (χ4n) is 5.21. The van der Waals surface area contributed by atoms with Gasteiger partial charge in [-0.1, -0.05) is 44.7 Å². The molecule has 1 fully saturated rings. The zero-order valence-corrected chi connectivity index (χ0v) is 22.2. The topological polar surface area (TPSA) is 85.6 Å². The van der Waals surface area contributed by atoms with E-state index in [1.54, 1.807) is 24.1 Å². The number of fused-ring (bicyclic) bond motifs is 2. The number of piperazine rings is 1. The van der Waals surface area contributed by atoms with E-state index in [9.17, 15) is 14.4 Å². The zero-order valence-electron chi connectivity index (χ0n) is 22.2. The lowest BCUT2D eigenvalue weighted by Crippen LogP contribution is -2.55. The number of rotatable bonds is 5. The van der Waals surface area contributed by atoms with Crippen LogP contribution in [0.4, 0.5) is 15.9 Å². The molecule has 0 aliphatic carbocycles. The third-order valence-electron chi connectivity index (χ3n) is 6.96. The van der Waals surface area contributed by atoms with Gasteiger partial charge < -0.3 is 19.4 Å². The molecule has 9 heteroatoms. The maximum absolute atomic E-state index is 14.4. The van der Waals surface area contributed by atoms with Crippen LogP contribution < -0.4 is 14.5 Å². The van der Waals surface area contributed by atoms with E-state index >= 15 is 0 Å². The molecule has 38 heavy (non-hydrogen) atoms. The highest BCUT2D eigenvalue weighted by Gasteiger charge is 2.33. The molecule has 0 saturated carbocycles. The lowest BCUT2D eigenvalue weighted by Gasteiger charge is -2.42. The number of methoxy groups -OCH3 is 1. The largest absolute Gasteiger partial charge is 0.467 e. The summed E-state index contributed by atoms with van der Waals surface area (Å²) < 4.78 is 19.8. The highest BCUT2D eigenvalue weighted by molar-refractivity contribution is 5.94. The predicted octanol–water partition coefficient (Wildman–Crippen LogP) is 4.48. The summed E-state index contributed by atoms with van der Waals surface area (Å²) in [5, 5.41) is 10.8. The van der Waals surface area contributed by atoms with E-state index in [0.717, 1.165) is 34.7 Å². The Balaban J connectivity index is 0.00000164. The van der Waals surface area contributed by atoms with Gasteiger partial charge in [-0.15, -0.1) is 0 Å². The molecule has 0 radical (unpaired) electrons. The first-order valence-electron chi connectivity index (χ1n) is 12.9. The minimum Gasteiger partial charge on any atom is -0.467 e. The van der Waals surface area contributed by atoms with Crippen molar-refractivity contribution in [3.63, 3.8) is 0 Å². The Morgan fingerprint density at radius 3 is 2.66 bits per heavy atom. The van der Waals surface area contributed by atoms with Crippen molar-refractivity contribution in [3.8, 4) is 12.1 Å². The summed E-state index contributed by atoms with van der Waals surface area (Å²) >= 11 is 0. The number of anilines is 2. The van der Waals surface area contributed by atoms with Gasteiger partial charge in [0.15, 0.2) is 0 Å². The van der Waals surface area contributed by atoms with Crippen LogP contribution in [0.2, 0.25) is 0 Å². The predicted molar refractivity (Wildman–Crippen MR) is 147 cm³/mol. The number of hydrogen-bond donors (Lipinski definition) is 0. The molecule has 0 spiro atoms. The number of aromatic nitrogens is 2. The van der Waals surface area contributed by atoms with Crippen LogP contribution in [0.3, 0.4) is 0 Å². The molecule has 1 saturated heterocycles. The van der Waals surface area contributed by atoms with Crippen LogP contribution in [0.5, 0.6) is 6.01 Å². The lowest BCUT2D eigenvalue weighted by molar-refractivity contribution is -0.128. The van der Waals surface area contributed by atoms with E-state index in [0.29, 0.717) is 38.0 Å². The molecule has 1 amide bonds. The molecule has 1 atom stereocenters. The normalized spacial score (nSPS) is 16.7. The molecule has 5 rings (SSSR count). The summed E-state index contributed by atoms with van der Waals surface area (Å²) in [6, 6.07) is 13.0. The van der Waals surface area contributed by atoms with Gasteiger partial charge in [-0.25, -0.2) is 4.39 Å². The highest BCUT2D eigenvalue weighted by atomic mass is 19.1. The standard InChI is InChI=1S/C27H27FN6O2.C2H6/c1-3-25(35)34-15-14-33(16-18(34)10-12-29)26-21-11-13-32(17-23(21)30-27(31-26)36-2)24-9-5-6-19-20(24)7-4-8-22(19)28;1-2/h3-9,18H,1,10-11,13-17H2,2H3;1-2H3. The Bertz CT molecular complexity index is 1370. The van der Waals surface area contributed by atoms with Crippen LogP contribution in [0.1, 0.15) is 31.5 Å². The molecule has 0 bridgehead atoms. The van der Waals surface area contributed by atoms with E-state index in [-0.39, 0.29) is 30.2 Å². The maximum atomic E-state index is 14.4. The van der Waals surface area contributed by atoms with Gasteiger partial charge in [0.05, 0.1) is 37.9 Å². The third-order valence-corrected chi connectivity index (χ3v) is 6.96. The second-order valence-corrected chi connectivity index (χ2v) is 8.94. The molecule has 198 valence electrons. The Labute approximate surface area is 223 Å². The molecule has 2 aromatic carbocycles. The molecular weight excluding hydrogens is 483 g/mol. The van der Waals surface area contributed by atoms with Crippen molar-refractivity contribution in [3.05, 3.63) is 66.1 Å². The fourth-order valence-corrected chi connectivity index (χ4v) is 5.21. The van der Waals surface area contributed by atoms with Crippen molar-refractivity contribution in [2.75, 3.05) is 43.1 Å². The van der Waals surface area contributed by atoms with E-state index in [1.165, 1.54) is 12.1 Å². The Morgan fingerprint density at radius 2 is 1.92 bits per heavy atom. The Kier molecular flexibility index (Phi) is 8.41. The first kappa shape index (κ1) is 26.9. The Morgan fingerprint density at radius 1 is 1.16 bits per heavy atom. The van der Waals surface area contributed by atoms with Crippen molar-refractivity contribution in [2.24, 2.45) is 0 Å². The van der Waals surface area contributed by atoms with Gasteiger partial charge >= 0.3 is 6.01 Å². The van der Waals surface area contributed by atoms with Crippen LogP contribution in [0.15, 0.2) is 49.1 Å². The van der Waals surface area contributed by atoms with Crippen LogP contribution in [0.25, 0.3) is 10.8 Å². The number of carbonyl (C=O) groups excluding carboxylic acids is 1. The molecule has 2 aliphatic rings. The zero-order chi connectivity index (χ0) is 27.2. The van der Waals surface area contributed by atoms with Gasteiger partial charge in [-0.3, -0.25) is 4.79 Å². The summed E-state index contributed by atoms with van der Waals surface area (Å²) in [6.45, 7) is 10.4. The first-order chi connectivity index (χ1) is 18.5. The first-order valence-corrected chi connectivity index (χ1v) is 12.9. The summed E-state index contributed by atoms with van der Waals surface area (Å²) in [5.41, 5.74) is 2.86. The smallest absolute Gasteiger partial charge is 0.318 e. The number of hydrogen-bond acceptors (Lipinski definition) is 7. The lowest BCUT2D eigenvalue weighted by atomic mass is 10.0. The summed E-state index contributed by atoms with van der Waals surface area (Å²) in [4.78, 5) is 27.7. The monoisotopic (exact) mass is 516 g/mol. The fraction of sp³-hybridized carbons (Fsp3) is 0.379. The number of amides is 1. The average molecular weight is 517 g/mol. The molecule has 3 aromatic rings. The van der Waals surface area contributed by atoms with Crippen molar-refractivity contribution in [2.45, 2.75) is 39.3 Å². The van der Waals surface area contributed by atoms with Crippen molar-refractivity contribution in [1.29, 1.82) is 5.26 Å². The molecule has 1 unspecified atom stereocenters. The van der Waals surface area contributed by atoms with E-state index < -0.39 is 0 Å². The molecule has 2 aliphatic heterocycles. The van der Waals surface area contributed by atoms with Crippen LogP contribution in [-0.4, -0.2) is 60.1 Å². The van der Waals surface area contributed by atoms with Crippen LogP contribution in [-0.2, 0) is 17.8 Å². The number of ether oxygens (including phenoxy) is 1. The molecule has 1 aromatic heterocycles. The number of carbonyl (C=O) groups is 1. The van der Waals surface area contributed by atoms with Crippen LogP contribution in [0, 0.1) is 17.1 Å². The highest BCUT2D eigenvalue weighted by Crippen LogP contribution is 2.35. The summed E-state index contributed by atoms with van der Waals surface area (Å²) in [6.07, 6.45) is 2.23. The van der Waals surface area contributed by atoms with Gasteiger partial charge in [0.2, 0.25) is 5.91 Å². The average Bonchev–Trinajstić information content (AvgIpc) is 2.97. The van der Waals surface area contributed by atoms with Crippen LogP contribution >= 0.6 is 0 Å². The second kappa shape index (κ2) is 11.9. The molecular formula is C29H33FN6O2. The third kappa shape index (κ3) is 5.12. The minimum atomic E-state index is -0.253. The van der Waals surface area contributed by atoms with Crippen molar-refractivity contribution in [1.82, 2.24) is 14.9 Å². The van der Waals surface area contributed by atoms with Crippen molar-refractivity contribution < 1.29 is 13.9 Å². The minimum absolute atomic E-state index is 0.167. The molecule has 8 nitrogen and oxygen atoms in total. The number of nitriles is 1. The summed E-state index contributed by atoms with van der Waals surface area (Å²) in [5.74, 6) is 0.382. The van der Waals surface area contributed by atoms with Crippen molar-refractivity contribution >= 4 is 28.2 Å². The maximum Gasteiger partial charge on any atom is 0.318 e.